The molecule has 0 aliphatic carbocycles. The van der Waals surface area contributed by atoms with Crippen molar-refractivity contribution in [2.45, 2.75) is 26.3 Å². The number of carbonyl (C=O) groups excluding carboxylic acids is 1. The van der Waals surface area contributed by atoms with Crippen LogP contribution in [-0.4, -0.2) is 44.4 Å². The highest BCUT2D eigenvalue weighted by Crippen LogP contribution is 2.23. The highest BCUT2D eigenvalue weighted by atomic mass is 32.2. The number of nitrogens with zero attached hydrogens (tertiary/aromatic N) is 3. The van der Waals surface area contributed by atoms with Gasteiger partial charge in [-0.05, 0) is 31.5 Å². The second-order valence-corrected chi connectivity index (χ2v) is 9.20. The van der Waals surface area contributed by atoms with E-state index in [9.17, 15) is 13.2 Å². The van der Waals surface area contributed by atoms with Gasteiger partial charge in [0.05, 0.1) is 25.6 Å². The molecule has 1 amide bonds. The minimum absolute atomic E-state index is 0.101. The lowest BCUT2D eigenvalue weighted by Gasteiger charge is -2.22. The van der Waals surface area contributed by atoms with Gasteiger partial charge in [-0.1, -0.05) is 35.0 Å². The molecule has 0 saturated heterocycles. The molecule has 9 nitrogen and oxygen atoms in total. The summed E-state index contributed by atoms with van der Waals surface area (Å²) in [5.74, 6) is 1.07. The van der Waals surface area contributed by atoms with Crippen molar-refractivity contribution in [1.82, 2.24) is 15.5 Å². The van der Waals surface area contributed by atoms with Crippen LogP contribution in [0.4, 0.5) is 5.69 Å². The first-order chi connectivity index (χ1) is 15.3. The first-order valence-electron chi connectivity index (χ1n) is 10.0. The van der Waals surface area contributed by atoms with Crippen molar-refractivity contribution < 1.29 is 22.5 Å². The molecule has 0 unspecified atom stereocenters. The predicted molar refractivity (Wildman–Crippen MR) is 121 cm³/mol. The van der Waals surface area contributed by atoms with Crippen LogP contribution in [0, 0.1) is 6.92 Å². The van der Waals surface area contributed by atoms with Crippen molar-refractivity contribution in [3.8, 4) is 17.1 Å². The zero-order valence-electron chi connectivity index (χ0n) is 18.2. The van der Waals surface area contributed by atoms with E-state index in [2.05, 4.69) is 15.5 Å². The van der Waals surface area contributed by atoms with Gasteiger partial charge in [-0.3, -0.25) is 9.10 Å². The van der Waals surface area contributed by atoms with Crippen molar-refractivity contribution in [3.63, 3.8) is 0 Å². The molecule has 0 aliphatic rings. The number of rotatable bonds is 10. The van der Waals surface area contributed by atoms with Gasteiger partial charge in [-0.15, -0.1) is 0 Å². The number of amides is 1. The number of aryl methyl sites for hydroxylation is 1. The molecule has 170 valence electrons. The lowest BCUT2D eigenvalue weighted by Crippen LogP contribution is -2.32. The van der Waals surface area contributed by atoms with Gasteiger partial charge >= 0.3 is 0 Å². The van der Waals surface area contributed by atoms with Crippen LogP contribution >= 0.6 is 0 Å². The molecule has 1 heterocycles. The Labute approximate surface area is 187 Å². The third kappa shape index (κ3) is 6.30. The van der Waals surface area contributed by atoms with E-state index in [1.807, 2.05) is 31.2 Å². The molecule has 0 aliphatic heterocycles. The van der Waals surface area contributed by atoms with E-state index in [1.54, 1.807) is 24.3 Å². The number of hydrogen-bond donors (Lipinski definition) is 1. The quantitative estimate of drug-likeness (QED) is 0.497. The van der Waals surface area contributed by atoms with Crippen molar-refractivity contribution >= 4 is 21.6 Å². The Morgan fingerprint density at radius 2 is 1.97 bits per heavy atom. The fraction of sp³-hybridized carbons (Fsp3) is 0.318. The molecule has 0 atom stereocenters. The average Bonchev–Trinajstić information content (AvgIpc) is 3.23. The summed E-state index contributed by atoms with van der Waals surface area (Å²) < 4.78 is 36.1. The molecule has 10 heteroatoms. The number of sulfonamides is 1. The number of anilines is 1. The molecule has 0 fully saturated rings. The third-order valence-electron chi connectivity index (χ3n) is 4.69. The zero-order valence-corrected chi connectivity index (χ0v) is 19.1. The van der Waals surface area contributed by atoms with Gasteiger partial charge in [-0.2, -0.15) is 4.98 Å². The second kappa shape index (κ2) is 10.3. The summed E-state index contributed by atoms with van der Waals surface area (Å²) in [6.45, 7) is 2.24. The summed E-state index contributed by atoms with van der Waals surface area (Å²) >= 11 is 0. The van der Waals surface area contributed by atoms with Crippen LogP contribution in [0.1, 0.15) is 24.3 Å². The van der Waals surface area contributed by atoms with Crippen LogP contribution in [-0.2, 0) is 21.4 Å². The summed E-state index contributed by atoms with van der Waals surface area (Å²) in [6, 6.07) is 14.5. The molecule has 0 saturated carbocycles. The second-order valence-electron chi connectivity index (χ2n) is 7.30. The number of aromatic nitrogens is 2. The summed E-state index contributed by atoms with van der Waals surface area (Å²) in [7, 11) is -1.99. The standard InChI is InChI=1S/C22H26N4O5S/c1-16-7-4-8-17(13-16)22-24-21(31-25-22)15-23-20(27)11-6-12-26(32(3,28)29)18-9-5-10-19(14-18)30-2/h4-5,7-10,13-14H,6,11-12,15H2,1-3H3,(H,23,27). The Morgan fingerprint density at radius 3 is 2.69 bits per heavy atom. The molecule has 1 N–H and O–H groups in total. The minimum Gasteiger partial charge on any atom is -0.497 e. The molecule has 3 aromatic rings. The number of nitrogens with one attached hydrogen (secondary N) is 1. The monoisotopic (exact) mass is 458 g/mol. The van der Waals surface area contributed by atoms with Gasteiger partial charge in [0, 0.05) is 24.6 Å². The number of ether oxygens (including phenoxy) is 1. The van der Waals surface area contributed by atoms with Crippen LogP contribution in [0.5, 0.6) is 5.75 Å². The maximum atomic E-state index is 12.2. The van der Waals surface area contributed by atoms with Crippen LogP contribution in [0.2, 0.25) is 0 Å². The van der Waals surface area contributed by atoms with E-state index in [1.165, 1.54) is 11.4 Å². The minimum atomic E-state index is -3.51. The smallest absolute Gasteiger partial charge is 0.246 e. The van der Waals surface area contributed by atoms with E-state index < -0.39 is 10.0 Å². The Morgan fingerprint density at radius 1 is 1.19 bits per heavy atom. The Bertz CT molecular complexity index is 1180. The number of hydrogen-bond acceptors (Lipinski definition) is 7. The van der Waals surface area contributed by atoms with Gasteiger partial charge < -0.3 is 14.6 Å². The van der Waals surface area contributed by atoms with Crippen LogP contribution < -0.4 is 14.4 Å². The summed E-state index contributed by atoms with van der Waals surface area (Å²) in [5.41, 5.74) is 2.41. The van der Waals surface area contributed by atoms with Gasteiger partial charge in [0.25, 0.3) is 0 Å². The molecule has 3 rings (SSSR count). The van der Waals surface area contributed by atoms with E-state index >= 15 is 0 Å². The molecular weight excluding hydrogens is 432 g/mol. The van der Waals surface area contributed by atoms with Crippen molar-refractivity contribution in [2.24, 2.45) is 0 Å². The van der Waals surface area contributed by atoms with Gasteiger partial charge in [-0.25, -0.2) is 8.42 Å². The predicted octanol–water partition coefficient (Wildman–Crippen LogP) is 2.92. The SMILES string of the molecule is COc1cccc(N(CCCC(=O)NCc2nc(-c3cccc(C)c3)no2)S(C)(=O)=O)c1. The van der Waals surface area contributed by atoms with E-state index in [0.29, 0.717) is 29.6 Å². The van der Waals surface area contributed by atoms with E-state index in [4.69, 9.17) is 9.26 Å². The zero-order chi connectivity index (χ0) is 23.1. The highest BCUT2D eigenvalue weighted by Gasteiger charge is 2.18. The van der Waals surface area contributed by atoms with Crippen molar-refractivity contribution in [1.29, 1.82) is 0 Å². The van der Waals surface area contributed by atoms with Crippen LogP contribution in [0.3, 0.4) is 0 Å². The lowest BCUT2D eigenvalue weighted by atomic mass is 10.1. The number of methoxy groups -OCH3 is 1. The number of benzene rings is 2. The van der Waals surface area contributed by atoms with Gasteiger partial charge in [0.1, 0.15) is 5.75 Å². The Hall–Kier alpha value is -3.40. The maximum Gasteiger partial charge on any atom is 0.246 e. The maximum absolute atomic E-state index is 12.2. The molecule has 2 aromatic carbocycles. The van der Waals surface area contributed by atoms with Crippen LogP contribution in [0.15, 0.2) is 53.1 Å². The van der Waals surface area contributed by atoms with Gasteiger partial charge in [0.2, 0.25) is 27.6 Å². The summed E-state index contributed by atoms with van der Waals surface area (Å²) in [6.07, 6.45) is 1.62. The van der Waals surface area contributed by atoms with Crippen LogP contribution in [0.25, 0.3) is 11.4 Å². The largest absolute Gasteiger partial charge is 0.497 e. The molecule has 0 spiro atoms. The molecular formula is C22H26N4O5S. The van der Waals surface area contributed by atoms with Gasteiger partial charge in [0.15, 0.2) is 0 Å². The third-order valence-corrected chi connectivity index (χ3v) is 5.88. The number of carbonyl (C=O) groups is 1. The molecule has 0 radical (unpaired) electrons. The molecule has 0 bridgehead atoms. The fourth-order valence-corrected chi connectivity index (χ4v) is 4.08. The molecule has 1 aromatic heterocycles. The topological polar surface area (TPSA) is 115 Å². The fourth-order valence-electron chi connectivity index (χ4n) is 3.13. The molecule has 32 heavy (non-hydrogen) atoms. The van der Waals surface area contributed by atoms with Crippen molar-refractivity contribution in [3.05, 3.63) is 60.0 Å². The van der Waals surface area contributed by atoms with E-state index in [-0.39, 0.29) is 25.4 Å². The summed E-state index contributed by atoms with van der Waals surface area (Å²) in [5, 5.41) is 6.67. The highest BCUT2D eigenvalue weighted by molar-refractivity contribution is 7.92. The first-order valence-corrected chi connectivity index (χ1v) is 11.9. The lowest BCUT2D eigenvalue weighted by molar-refractivity contribution is -0.121. The van der Waals surface area contributed by atoms with Crippen molar-refractivity contribution in [2.75, 3.05) is 24.2 Å². The van der Waals surface area contributed by atoms with E-state index in [0.717, 1.165) is 17.4 Å². The summed E-state index contributed by atoms with van der Waals surface area (Å²) in [4.78, 5) is 16.5. The Kier molecular flexibility index (Phi) is 7.47. The Balaban J connectivity index is 1.52. The first kappa shape index (κ1) is 23.3. The normalized spacial score (nSPS) is 11.2. The average molecular weight is 459 g/mol.